The van der Waals surface area contributed by atoms with E-state index >= 15 is 0 Å². The Morgan fingerprint density at radius 1 is 1.43 bits per heavy atom. The quantitative estimate of drug-likeness (QED) is 0.766. The van der Waals surface area contributed by atoms with Gasteiger partial charge in [-0.05, 0) is 24.7 Å². The van der Waals surface area contributed by atoms with Crippen LogP contribution in [-0.2, 0) is 14.3 Å². The highest BCUT2D eigenvalue weighted by molar-refractivity contribution is 5.80. The fourth-order valence-electron chi connectivity index (χ4n) is 2.66. The summed E-state index contributed by atoms with van der Waals surface area (Å²) in [5, 5.41) is 8.86. The molecule has 0 aromatic carbocycles. The lowest BCUT2D eigenvalue weighted by Crippen LogP contribution is -2.48. The fraction of sp³-hybridized carbons (Fsp3) is 0.786. The first kappa shape index (κ1) is 17.3. The number of aliphatic carboxylic acids is 1. The van der Waals surface area contributed by atoms with Crippen LogP contribution in [0.4, 0.5) is 4.79 Å². The molecule has 1 N–H and O–H groups in total. The van der Waals surface area contributed by atoms with Gasteiger partial charge in [-0.25, -0.2) is 4.79 Å². The second-order valence-corrected chi connectivity index (χ2v) is 5.64. The zero-order valence-electron chi connectivity index (χ0n) is 12.9. The maximum absolute atomic E-state index is 12.3. The summed E-state index contributed by atoms with van der Waals surface area (Å²) in [5.74, 6) is -1.05. The number of hydrogen-bond donors (Lipinski definition) is 1. The monoisotopic (exact) mass is 300 g/mol. The predicted octanol–water partition coefficient (Wildman–Crippen LogP) is 1.03. The van der Waals surface area contributed by atoms with Gasteiger partial charge in [-0.1, -0.05) is 6.92 Å². The van der Waals surface area contributed by atoms with Gasteiger partial charge in [0.05, 0.1) is 7.11 Å². The standard InChI is InChI=1S/C14H24N2O5/c1-10(7-12(17)18)11-5-4-6-16(8-11)14(20)15(2)9-13(19)21-3/h10-11H,4-9H2,1-3H3,(H,17,18). The van der Waals surface area contributed by atoms with Gasteiger partial charge in [-0.15, -0.1) is 0 Å². The second-order valence-electron chi connectivity index (χ2n) is 5.64. The summed E-state index contributed by atoms with van der Waals surface area (Å²) in [6.45, 7) is 3.01. The van der Waals surface area contributed by atoms with Crippen LogP contribution in [-0.4, -0.2) is 66.7 Å². The molecule has 1 heterocycles. The van der Waals surface area contributed by atoms with Crippen LogP contribution in [0, 0.1) is 11.8 Å². The van der Waals surface area contributed by atoms with Gasteiger partial charge < -0.3 is 19.6 Å². The van der Waals surface area contributed by atoms with E-state index < -0.39 is 11.9 Å². The Labute approximate surface area is 124 Å². The number of carboxylic acid groups (broad SMARTS) is 1. The van der Waals surface area contributed by atoms with Crippen LogP contribution < -0.4 is 0 Å². The molecule has 0 aromatic rings. The summed E-state index contributed by atoms with van der Waals surface area (Å²) in [5.41, 5.74) is 0. The van der Waals surface area contributed by atoms with E-state index in [9.17, 15) is 14.4 Å². The summed E-state index contributed by atoms with van der Waals surface area (Å²) >= 11 is 0. The number of piperidine rings is 1. The third kappa shape index (κ3) is 5.24. The zero-order valence-corrected chi connectivity index (χ0v) is 12.9. The lowest BCUT2D eigenvalue weighted by Gasteiger charge is -2.37. The molecule has 2 atom stereocenters. The Morgan fingerprint density at radius 2 is 2.10 bits per heavy atom. The SMILES string of the molecule is COC(=O)CN(C)C(=O)N1CCCC(C(C)CC(=O)O)C1. The third-order valence-electron chi connectivity index (χ3n) is 3.95. The topological polar surface area (TPSA) is 87.2 Å². The average Bonchev–Trinajstić information content (AvgIpc) is 2.45. The van der Waals surface area contributed by atoms with Crippen molar-refractivity contribution < 1.29 is 24.2 Å². The molecule has 0 radical (unpaired) electrons. The summed E-state index contributed by atoms with van der Waals surface area (Å²) in [6.07, 6.45) is 1.90. The second kappa shape index (κ2) is 7.85. The van der Waals surface area contributed by atoms with Gasteiger partial charge in [-0.3, -0.25) is 9.59 Å². The number of likely N-dealkylation sites (N-methyl/N-ethyl adjacent to an activating group) is 1. The van der Waals surface area contributed by atoms with Crippen molar-refractivity contribution in [2.24, 2.45) is 11.8 Å². The van der Waals surface area contributed by atoms with Crippen LogP contribution in [0.5, 0.6) is 0 Å². The molecule has 1 rings (SSSR count). The minimum absolute atomic E-state index is 0.0315. The minimum Gasteiger partial charge on any atom is -0.481 e. The van der Waals surface area contributed by atoms with E-state index in [-0.39, 0.29) is 30.8 Å². The van der Waals surface area contributed by atoms with Crippen molar-refractivity contribution in [1.82, 2.24) is 9.80 Å². The van der Waals surface area contributed by atoms with Crippen LogP contribution in [0.15, 0.2) is 0 Å². The van der Waals surface area contributed by atoms with Gasteiger partial charge in [0, 0.05) is 26.6 Å². The zero-order chi connectivity index (χ0) is 16.0. The maximum atomic E-state index is 12.3. The predicted molar refractivity (Wildman–Crippen MR) is 75.8 cm³/mol. The van der Waals surface area contributed by atoms with Crippen molar-refractivity contribution in [3.05, 3.63) is 0 Å². The summed E-state index contributed by atoms with van der Waals surface area (Å²) in [7, 11) is 2.84. The van der Waals surface area contributed by atoms with E-state index in [0.29, 0.717) is 13.1 Å². The number of urea groups is 1. The highest BCUT2D eigenvalue weighted by atomic mass is 16.5. The van der Waals surface area contributed by atoms with Crippen molar-refractivity contribution in [3.63, 3.8) is 0 Å². The highest BCUT2D eigenvalue weighted by Crippen LogP contribution is 2.26. The summed E-state index contributed by atoms with van der Waals surface area (Å²) < 4.78 is 4.54. The van der Waals surface area contributed by atoms with Gasteiger partial charge in [0.25, 0.3) is 0 Å². The van der Waals surface area contributed by atoms with E-state index in [4.69, 9.17) is 5.11 Å². The van der Waals surface area contributed by atoms with Crippen LogP contribution >= 0.6 is 0 Å². The number of methoxy groups -OCH3 is 1. The molecule has 7 nitrogen and oxygen atoms in total. The first-order valence-electron chi connectivity index (χ1n) is 7.13. The van der Waals surface area contributed by atoms with Crippen molar-refractivity contribution in [2.45, 2.75) is 26.2 Å². The lowest BCUT2D eigenvalue weighted by molar-refractivity contribution is -0.141. The molecule has 0 aliphatic carbocycles. The Bertz CT molecular complexity index is 399. The molecular weight excluding hydrogens is 276 g/mol. The lowest BCUT2D eigenvalue weighted by atomic mass is 9.85. The maximum Gasteiger partial charge on any atom is 0.325 e. The van der Waals surface area contributed by atoms with Gasteiger partial charge in [0.15, 0.2) is 0 Å². The molecule has 0 saturated carbocycles. The molecule has 1 aliphatic heterocycles. The number of rotatable bonds is 5. The molecule has 1 aliphatic rings. The molecule has 2 amide bonds. The Kier molecular flexibility index (Phi) is 6.45. The Balaban J connectivity index is 2.56. The third-order valence-corrected chi connectivity index (χ3v) is 3.95. The molecule has 0 aromatic heterocycles. The molecule has 1 fully saturated rings. The van der Waals surface area contributed by atoms with E-state index in [1.807, 2.05) is 6.92 Å². The number of esters is 1. The highest BCUT2D eigenvalue weighted by Gasteiger charge is 2.30. The summed E-state index contributed by atoms with van der Waals surface area (Å²) in [4.78, 5) is 37.3. The number of amides is 2. The first-order chi connectivity index (χ1) is 9.85. The van der Waals surface area contributed by atoms with Crippen molar-refractivity contribution in [3.8, 4) is 0 Å². The molecule has 120 valence electrons. The molecular formula is C14H24N2O5. The van der Waals surface area contributed by atoms with E-state index in [1.54, 1.807) is 11.9 Å². The van der Waals surface area contributed by atoms with Crippen LogP contribution in [0.3, 0.4) is 0 Å². The van der Waals surface area contributed by atoms with E-state index in [0.717, 1.165) is 12.8 Å². The van der Waals surface area contributed by atoms with Crippen molar-refractivity contribution in [2.75, 3.05) is 33.8 Å². The average molecular weight is 300 g/mol. The molecule has 0 bridgehead atoms. The van der Waals surface area contributed by atoms with Crippen LogP contribution in [0.2, 0.25) is 0 Å². The van der Waals surface area contributed by atoms with Crippen LogP contribution in [0.1, 0.15) is 26.2 Å². The fourth-order valence-corrected chi connectivity index (χ4v) is 2.66. The Morgan fingerprint density at radius 3 is 2.67 bits per heavy atom. The van der Waals surface area contributed by atoms with Crippen molar-refractivity contribution >= 4 is 18.0 Å². The molecule has 21 heavy (non-hydrogen) atoms. The Hall–Kier alpha value is -1.79. The smallest absolute Gasteiger partial charge is 0.325 e. The summed E-state index contributed by atoms with van der Waals surface area (Å²) in [6, 6.07) is -0.215. The number of ether oxygens (including phenoxy) is 1. The van der Waals surface area contributed by atoms with Gasteiger partial charge in [-0.2, -0.15) is 0 Å². The number of carbonyl (C=O) groups is 3. The van der Waals surface area contributed by atoms with Gasteiger partial charge in [0.1, 0.15) is 6.54 Å². The molecule has 0 spiro atoms. The van der Waals surface area contributed by atoms with Gasteiger partial charge >= 0.3 is 18.0 Å². The molecule has 1 saturated heterocycles. The minimum atomic E-state index is -0.811. The molecule has 2 unspecified atom stereocenters. The van der Waals surface area contributed by atoms with E-state index in [2.05, 4.69) is 4.74 Å². The largest absolute Gasteiger partial charge is 0.481 e. The van der Waals surface area contributed by atoms with Gasteiger partial charge in [0.2, 0.25) is 0 Å². The van der Waals surface area contributed by atoms with E-state index in [1.165, 1.54) is 12.0 Å². The first-order valence-corrected chi connectivity index (χ1v) is 7.13. The molecule has 7 heteroatoms. The normalized spacial score (nSPS) is 19.8. The number of carbonyl (C=O) groups excluding carboxylic acids is 2. The number of likely N-dealkylation sites (tertiary alicyclic amines) is 1. The van der Waals surface area contributed by atoms with Crippen LogP contribution in [0.25, 0.3) is 0 Å². The number of nitrogens with zero attached hydrogens (tertiary/aromatic N) is 2. The van der Waals surface area contributed by atoms with Crippen molar-refractivity contribution in [1.29, 1.82) is 0 Å². The number of carboxylic acids is 1. The number of hydrogen-bond acceptors (Lipinski definition) is 4.